The summed E-state index contributed by atoms with van der Waals surface area (Å²) in [7, 11) is -1.80. The zero-order valence-electron chi connectivity index (χ0n) is 16.7. The van der Waals surface area contributed by atoms with E-state index in [9.17, 15) is 8.42 Å². The summed E-state index contributed by atoms with van der Waals surface area (Å²) < 4.78 is 36.2. The van der Waals surface area contributed by atoms with Crippen molar-refractivity contribution in [2.24, 2.45) is 7.05 Å². The Morgan fingerprint density at radius 1 is 1.03 bits per heavy atom. The molecule has 2 aromatic heterocycles. The summed E-state index contributed by atoms with van der Waals surface area (Å²) in [5, 5.41) is 0.893. The first-order valence-electron chi connectivity index (χ1n) is 9.71. The van der Waals surface area contributed by atoms with Gasteiger partial charge in [0.15, 0.2) is 0 Å². The molecule has 5 rings (SSSR count). The molecule has 0 atom stereocenters. The van der Waals surface area contributed by atoms with Crippen molar-refractivity contribution >= 4 is 26.6 Å². The zero-order valence-corrected chi connectivity index (χ0v) is 17.6. The average molecular weight is 420 g/mol. The van der Waals surface area contributed by atoms with Gasteiger partial charge < -0.3 is 9.30 Å². The Labute approximate surface area is 175 Å². The summed E-state index contributed by atoms with van der Waals surface area (Å²) in [6, 6.07) is 16.6. The lowest BCUT2D eigenvalue weighted by atomic mass is 10.1. The van der Waals surface area contributed by atoms with Crippen LogP contribution in [0.25, 0.3) is 22.2 Å². The molecule has 0 bridgehead atoms. The van der Waals surface area contributed by atoms with E-state index in [0.717, 1.165) is 27.7 Å². The van der Waals surface area contributed by atoms with Gasteiger partial charge in [0.2, 0.25) is 0 Å². The summed E-state index contributed by atoms with van der Waals surface area (Å²) in [6.07, 6.45) is 3.72. The third-order valence-corrected chi connectivity index (χ3v) is 7.24. The van der Waals surface area contributed by atoms with E-state index in [-0.39, 0.29) is 11.4 Å². The summed E-state index contributed by atoms with van der Waals surface area (Å²) in [6.45, 7) is 2.55. The Bertz CT molecular complexity index is 1360. The van der Waals surface area contributed by atoms with Gasteiger partial charge in [-0.3, -0.25) is 9.29 Å². The van der Waals surface area contributed by atoms with Gasteiger partial charge >= 0.3 is 0 Å². The van der Waals surface area contributed by atoms with Crippen molar-refractivity contribution in [3.8, 4) is 17.0 Å². The number of fused-ring (bicyclic) bond motifs is 2. The predicted octanol–water partition coefficient (Wildman–Crippen LogP) is 4.14. The van der Waals surface area contributed by atoms with Gasteiger partial charge in [0.05, 0.1) is 22.8 Å². The second kappa shape index (κ2) is 6.88. The maximum atomic E-state index is 13.5. The Morgan fingerprint density at radius 2 is 1.90 bits per heavy atom. The minimum Gasteiger partial charge on any atom is -0.489 e. The van der Waals surface area contributed by atoms with Crippen LogP contribution in [-0.2, 0) is 17.1 Å². The number of benzene rings is 2. The van der Waals surface area contributed by atoms with Crippen molar-refractivity contribution in [1.82, 2.24) is 9.55 Å². The number of anilines is 1. The molecule has 6 nitrogen and oxygen atoms in total. The van der Waals surface area contributed by atoms with Crippen molar-refractivity contribution in [1.29, 1.82) is 0 Å². The molecule has 0 unspecified atom stereocenters. The molecule has 30 heavy (non-hydrogen) atoms. The molecule has 1 aliphatic rings. The standard InChI is InChI=1S/C23H21N3O3S/c1-16-3-6-20(24-15-16)17-4-8-23-22(14-17)26(11-12-29-23)30(27,28)19-5-7-21-18(13-19)9-10-25(21)2/h3-10,13-15H,11-12H2,1-2H3. The third kappa shape index (κ3) is 3.02. The molecule has 0 fully saturated rings. The van der Waals surface area contributed by atoms with Gasteiger partial charge in [-0.1, -0.05) is 6.07 Å². The molecule has 3 heterocycles. The van der Waals surface area contributed by atoms with E-state index in [4.69, 9.17) is 4.74 Å². The Kier molecular flexibility index (Phi) is 4.29. The topological polar surface area (TPSA) is 64.4 Å². The number of aryl methyl sites for hydroxylation is 2. The molecular formula is C23H21N3O3S. The lowest BCUT2D eigenvalue weighted by Crippen LogP contribution is -2.37. The van der Waals surface area contributed by atoms with E-state index in [1.165, 1.54) is 4.31 Å². The lowest BCUT2D eigenvalue weighted by Gasteiger charge is -2.31. The highest BCUT2D eigenvalue weighted by molar-refractivity contribution is 7.92. The normalized spacial score (nSPS) is 13.9. The monoisotopic (exact) mass is 419 g/mol. The number of hydrogen-bond acceptors (Lipinski definition) is 4. The summed E-state index contributed by atoms with van der Waals surface area (Å²) >= 11 is 0. The van der Waals surface area contributed by atoms with E-state index in [0.29, 0.717) is 18.0 Å². The molecule has 0 saturated carbocycles. The van der Waals surface area contributed by atoms with Crippen LogP contribution in [0.5, 0.6) is 5.75 Å². The van der Waals surface area contributed by atoms with E-state index >= 15 is 0 Å². The summed E-state index contributed by atoms with van der Waals surface area (Å²) in [4.78, 5) is 4.74. The van der Waals surface area contributed by atoms with Gasteiger partial charge in [-0.15, -0.1) is 0 Å². The molecule has 4 aromatic rings. The van der Waals surface area contributed by atoms with Crippen LogP contribution in [-0.4, -0.2) is 31.1 Å². The molecular weight excluding hydrogens is 398 g/mol. The van der Waals surface area contributed by atoms with Gasteiger partial charge in [0.1, 0.15) is 12.4 Å². The van der Waals surface area contributed by atoms with E-state index in [1.807, 2.05) is 67.2 Å². The third-order valence-electron chi connectivity index (χ3n) is 5.43. The Hall–Kier alpha value is -3.32. The van der Waals surface area contributed by atoms with Crippen LogP contribution in [0, 0.1) is 6.92 Å². The smallest absolute Gasteiger partial charge is 0.264 e. The number of nitrogens with zero attached hydrogens (tertiary/aromatic N) is 3. The van der Waals surface area contributed by atoms with Crippen LogP contribution in [0.15, 0.2) is 71.9 Å². The van der Waals surface area contributed by atoms with E-state index in [1.54, 1.807) is 18.3 Å². The van der Waals surface area contributed by atoms with Gasteiger partial charge in [0, 0.05) is 35.9 Å². The highest BCUT2D eigenvalue weighted by Crippen LogP contribution is 2.38. The fraction of sp³-hybridized carbons (Fsp3) is 0.174. The fourth-order valence-electron chi connectivity index (χ4n) is 3.79. The molecule has 0 saturated heterocycles. The van der Waals surface area contributed by atoms with Crippen molar-refractivity contribution < 1.29 is 13.2 Å². The van der Waals surface area contributed by atoms with E-state index in [2.05, 4.69) is 4.98 Å². The molecule has 2 aromatic carbocycles. The van der Waals surface area contributed by atoms with Gasteiger partial charge in [-0.25, -0.2) is 8.42 Å². The molecule has 152 valence electrons. The van der Waals surface area contributed by atoms with Crippen molar-refractivity contribution in [3.05, 3.63) is 72.6 Å². The second-order valence-corrected chi connectivity index (χ2v) is 9.34. The maximum Gasteiger partial charge on any atom is 0.264 e. The minimum atomic E-state index is -3.74. The molecule has 1 aliphatic heterocycles. The maximum absolute atomic E-state index is 13.5. The summed E-state index contributed by atoms with van der Waals surface area (Å²) in [5.41, 5.74) is 4.23. The molecule has 0 aliphatic carbocycles. The van der Waals surface area contributed by atoms with Gasteiger partial charge in [-0.2, -0.15) is 0 Å². The highest BCUT2D eigenvalue weighted by Gasteiger charge is 2.30. The van der Waals surface area contributed by atoms with Crippen LogP contribution in [0.2, 0.25) is 0 Å². The number of hydrogen-bond donors (Lipinski definition) is 0. The Balaban J connectivity index is 1.59. The van der Waals surface area contributed by atoms with E-state index < -0.39 is 10.0 Å². The van der Waals surface area contributed by atoms with Gasteiger partial charge in [0.25, 0.3) is 10.0 Å². The van der Waals surface area contributed by atoms with Crippen molar-refractivity contribution in [2.75, 3.05) is 17.5 Å². The second-order valence-electron chi connectivity index (χ2n) is 7.48. The average Bonchev–Trinajstić information content (AvgIpc) is 3.13. The number of rotatable bonds is 3. The molecule has 0 amide bonds. The SMILES string of the molecule is Cc1ccc(-c2ccc3c(c2)N(S(=O)(=O)c2ccc4c(ccn4C)c2)CCO3)nc1. The number of ether oxygens (including phenoxy) is 1. The van der Waals surface area contributed by atoms with Crippen molar-refractivity contribution in [3.63, 3.8) is 0 Å². The number of pyridine rings is 1. The van der Waals surface area contributed by atoms with Crippen LogP contribution in [0.4, 0.5) is 5.69 Å². The molecule has 0 spiro atoms. The number of sulfonamides is 1. The minimum absolute atomic E-state index is 0.257. The van der Waals surface area contributed by atoms with Crippen LogP contribution < -0.4 is 9.04 Å². The summed E-state index contributed by atoms with van der Waals surface area (Å²) in [5.74, 6) is 0.557. The zero-order chi connectivity index (χ0) is 20.9. The predicted molar refractivity (Wildman–Crippen MR) is 117 cm³/mol. The fourth-order valence-corrected chi connectivity index (χ4v) is 5.28. The largest absolute Gasteiger partial charge is 0.489 e. The quantitative estimate of drug-likeness (QED) is 0.501. The molecule has 0 radical (unpaired) electrons. The Morgan fingerprint density at radius 3 is 2.70 bits per heavy atom. The van der Waals surface area contributed by atoms with Crippen LogP contribution in [0.1, 0.15) is 5.56 Å². The van der Waals surface area contributed by atoms with Crippen LogP contribution >= 0.6 is 0 Å². The first-order chi connectivity index (χ1) is 14.4. The van der Waals surface area contributed by atoms with Crippen LogP contribution in [0.3, 0.4) is 0 Å². The number of aromatic nitrogens is 2. The molecule has 0 N–H and O–H groups in total. The molecule has 7 heteroatoms. The first-order valence-corrected chi connectivity index (χ1v) is 11.2. The highest BCUT2D eigenvalue weighted by atomic mass is 32.2. The lowest BCUT2D eigenvalue weighted by molar-refractivity contribution is 0.316. The van der Waals surface area contributed by atoms with Gasteiger partial charge in [-0.05, 0) is 61.0 Å². The first kappa shape index (κ1) is 18.7. The van der Waals surface area contributed by atoms with Crippen molar-refractivity contribution in [2.45, 2.75) is 11.8 Å².